The fourth-order valence-electron chi connectivity index (χ4n) is 1.01. The molecule has 0 unspecified atom stereocenters. The number of thiol groups is 1. The van der Waals surface area contributed by atoms with Gasteiger partial charge in [-0.25, -0.2) is 13.1 Å². The van der Waals surface area contributed by atoms with Crippen LogP contribution in [0.2, 0.25) is 0 Å². The Kier molecular flexibility index (Phi) is 3.79. The van der Waals surface area contributed by atoms with Gasteiger partial charge in [0.1, 0.15) is 0 Å². The van der Waals surface area contributed by atoms with Crippen LogP contribution in [-0.2, 0) is 17.4 Å². The van der Waals surface area contributed by atoms with Crippen molar-refractivity contribution in [3.8, 4) is 0 Å². The van der Waals surface area contributed by atoms with Crippen molar-refractivity contribution in [3.63, 3.8) is 0 Å². The molecule has 14 heavy (non-hydrogen) atoms. The second-order valence-corrected chi connectivity index (χ2v) is 3.68. The fraction of sp³-hybridized carbons (Fsp3) is 0.222. The zero-order valence-corrected chi connectivity index (χ0v) is 8.58. The first kappa shape index (κ1) is 10.9. The highest BCUT2D eigenvalue weighted by Crippen LogP contribution is 2.04. The SMILES string of the molecule is CC(=O)c1ccc(CN[SH](=O)=O)cc1. The van der Waals surface area contributed by atoms with Crippen molar-refractivity contribution in [2.45, 2.75) is 13.5 Å². The van der Waals surface area contributed by atoms with Crippen LogP contribution in [-0.4, -0.2) is 14.2 Å². The molecule has 0 bridgehead atoms. The number of benzene rings is 1. The average molecular weight is 213 g/mol. The summed E-state index contributed by atoms with van der Waals surface area (Å²) in [6, 6.07) is 6.81. The lowest BCUT2D eigenvalue weighted by Gasteiger charge is -1.99. The molecule has 1 aromatic rings. The van der Waals surface area contributed by atoms with Crippen molar-refractivity contribution in [2.24, 2.45) is 0 Å². The molecule has 76 valence electrons. The van der Waals surface area contributed by atoms with E-state index in [0.29, 0.717) is 5.56 Å². The standard InChI is InChI=1S/C9H11NO3S/c1-7(11)9-4-2-8(3-5-9)6-10-14(12)13/h2-5,14H,6H2,1H3,(H,10,12,13). The van der Waals surface area contributed by atoms with E-state index >= 15 is 0 Å². The lowest BCUT2D eigenvalue weighted by atomic mass is 10.1. The minimum Gasteiger partial charge on any atom is -0.295 e. The fourth-order valence-corrected chi connectivity index (χ4v) is 1.32. The Morgan fingerprint density at radius 3 is 2.29 bits per heavy atom. The van der Waals surface area contributed by atoms with E-state index in [2.05, 4.69) is 4.72 Å². The second kappa shape index (κ2) is 4.88. The van der Waals surface area contributed by atoms with Crippen molar-refractivity contribution in [1.82, 2.24) is 4.72 Å². The molecule has 0 aliphatic heterocycles. The van der Waals surface area contributed by atoms with E-state index in [1.54, 1.807) is 24.3 Å². The van der Waals surface area contributed by atoms with Gasteiger partial charge in [-0.05, 0) is 12.5 Å². The van der Waals surface area contributed by atoms with Gasteiger partial charge in [0.05, 0.1) is 0 Å². The lowest BCUT2D eigenvalue weighted by Crippen LogP contribution is -2.10. The predicted octanol–water partition coefficient (Wildman–Crippen LogP) is 0.505. The summed E-state index contributed by atoms with van der Waals surface area (Å²) >= 11 is 0. The number of Topliss-reactive ketones (excluding diaryl/α,β-unsaturated/α-hetero) is 1. The van der Waals surface area contributed by atoms with Gasteiger partial charge in [0.2, 0.25) is 10.9 Å². The third-order valence-electron chi connectivity index (χ3n) is 1.77. The van der Waals surface area contributed by atoms with E-state index in [1.807, 2.05) is 0 Å². The molecule has 0 fully saturated rings. The van der Waals surface area contributed by atoms with Gasteiger partial charge < -0.3 is 0 Å². The molecule has 0 aliphatic carbocycles. The summed E-state index contributed by atoms with van der Waals surface area (Å²) in [6.45, 7) is 1.75. The molecule has 0 spiro atoms. The monoisotopic (exact) mass is 213 g/mol. The zero-order chi connectivity index (χ0) is 10.6. The first-order chi connectivity index (χ1) is 6.59. The van der Waals surface area contributed by atoms with E-state index in [0.717, 1.165) is 5.56 Å². The summed E-state index contributed by atoms with van der Waals surface area (Å²) < 4.78 is 22.7. The summed E-state index contributed by atoms with van der Waals surface area (Å²) in [7, 11) is -2.56. The smallest absolute Gasteiger partial charge is 0.201 e. The molecule has 5 heteroatoms. The number of rotatable bonds is 4. The molecule has 1 aromatic carbocycles. The molecule has 0 amide bonds. The Hall–Kier alpha value is -1.20. The Morgan fingerprint density at radius 2 is 1.86 bits per heavy atom. The number of carbonyl (C=O) groups excluding carboxylic acids is 1. The average Bonchev–Trinajstić information content (AvgIpc) is 2.15. The van der Waals surface area contributed by atoms with Crippen LogP contribution in [0.5, 0.6) is 0 Å². The van der Waals surface area contributed by atoms with E-state index < -0.39 is 10.9 Å². The molecule has 1 rings (SSSR count). The van der Waals surface area contributed by atoms with Gasteiger partial charge in [-0.3, -0.25) is 4.79 Å². The van der Waals surface area contributed by atoms with Crippen LogP contribution in [0.15, 0.2) is 24.3 Å². The maximum absolute atomic E-state index is 10.9. The highest BCUT2D eigenvalue weighted by atomic mass is 32.2. The Labute approximate surface area is 84.0 Å². The molecule has 0 aromatic heterocycles. The van der Waals surface area contributed by atoms with E-state index in [4.69, 9.17) is 0 Å². The highest BCUT2D eigenvalue weighted by molar-refractivity contribution is 7.70. The maximum Gasteiger partial charge on any atom is 0.201 e. The van der Waals surface area contributed by atoms with E-state index in [-0.39, 0.29) is 12.3 Å². The van der Waals surface area contributed by atoms with Crippen LogP contribution in [0, 0.1) is 0 Å². The van der Waals surface area contributed by atoms with Crippen molar-refractivity contribution in [3.05, 3.63) is 35.4 Å². The summed E-state index contributed by atoms with van der Waals surface area (Å²) in [5.41, 5.74) is 1.45. The minimum absolute atomic E-state index is 0.000546. The first-order valence-corrected chi connectivity index (χ1v) is 5.25. The lowest BCUT2D eigenvalue weighted by molar-refractivity contribution is 0.101. The molecule has 0 aliphatic rings. The van der Waals surface area contributed by atoms with Gasteiger partial charge in [-0.1, -0.05) is 24.3 Å². The Balaban J connectivity index is 2.68. The largest absolute Gasteiger partial charge is 0.295 e. The van der Waals surface area contributed by atoms with Gasteiger partial charge in [-0.15, -0.1) is 0 Å². The van der Waals surface area contributed by atoms with Crippen molar-refractivity contribution in [1.29, 1.82) is 0 Å². The summed E-state index contributed by atoms with van der Waals surface area (Å²) in [5.74, 6) is -0.000546. The molecular formula is C9H11NO3S. The quantitative estimate of drug-likeness (QED) is 0.565. The Morgan fingerprint density at radius 1 is 1.29 bits per heavy atom. The summed E-state index contributed by atoms with van der Waals surface area (Å²) in [6.07, 6.45) is 0. The molecular weight excluding hydrogens is 202 g/mol. The first-order valence-electron chi connectivity index (χ1n) is 4.07. The molecule has 0 heterocycles. The molecule has 1 N–H and O–H groups in total. The third-order valence-corrected chi connectivity index (χ3v) is 2.19. The van der Waals surface area contributed by atoms with E-state index in [1.165, 1.54) is 6.92 Å². The highest BCUT2D eigenvalue weighted by Gasteiger charge is 1.98. The van der Waals surface area contributed by atoms with Gasteiger partial charge in [0.25, 0.3) is 0 Å². The number of hydrogen-bond acceptors (Lipinski definition) is 3. The van der Waals surface area contributed by atoms with Crippen LogP contribution < -0.4 is 4.72 Å². The van der Waals surface area contributed by atoms with Crippen LogP contribution in [0.25, 0.3) is 0 Å². The third kappa shape index (κ3) is 3.27. The van der Waals surface area contributed by atoms with Crippen LogP contribution >= 0.6 is 0 Å². The molecule has 4 nitrogen and oxygen atoms in total. The Bertz CT molecular complexity index is 387. The van der Waals surface area contributed by atoms with Gasteiger partial charge in [0, 0.05) is 12.1 Å². The second-order valence-electron chi connectivity index (χ2n) is 2.85. The number of nitrogens with one attached hydrogen (secondary N) is 1. The molecule has 0 saturated carbocycles. The van der Waals surface area contributed by atoms with Gasteiger partial charge in [0.15, 0.2) is 5.78 Å². The molecule has 0 saturated heterocycles. The van der Waals surface area contributed by atoms with Gasteiger partial charge in [-0.2, -0.15) is 0 Å². The van der Waals surface area contributed by atoms with E-state index in [9.17, 15) is 13.2 Å². The maximum atomic E-state index is 10.9. The number of carbonyl (C=O) groups is 1. The zero-order valence-electron chi connectivity index (χ0n) is 7.69. The minimum atomic E-state index is -2.56. The van der Waals surface area contributed by atoms with Crippen molar-refractivity contribution in [2.75, 3.05) is 0 Å². The normalized spacial score (nSPS) is 10.4. The van der Waals surface area contributed by atoms with Gasteiger partial charge >= 0.3 is 0 Å². The molecule has 0 radical (unpaired) electrons. The summed E-state index contributed by atoms with van der Waals surface area (Å²) in [4.78, 5) is 10.9. The number of ketones is 1. The number of hydrogen-bond donors (Lipinski definition) is 2. The van der Waals surface area contributed by atoms with Crippen LogP contribution in [0.1, 0.15) is 22.8 Å². The van der Waals surface area contributed by atoms with Crippen molar-refractivity contribution >= 4 is 16.7 Å². The predicted molar refractivity (Wildman–Crippen MR) is 53.6 cm³/mol. The summed E-state index contributed by atoms with van der Waals surface area (Å²) in [5, 5.41) is 0. The topological polar surface area (TPSA) is 63.2 Å². The van der Waals surface area contributed by atoms with Crippen molar-refractivity contribution < 1.29 is 13.2 Å². The van der Waals surface area contributed by atoms with Crippen LogP contribution in [0.3, 0.4) is 0 Å². The van der Waals surface area contributed by atoms with Crippen LogP contribution in [0.4, 0.5) is 0 Å². The molecule has 0 atom stereocenters.